The summed E-state index contributed by atoms with van der Waals surface area (Å²) in [5.41, 5.74) is 1.16. The van der Waals surface area contributed by atoms with Gasteiger partial charge in [-0.15, -0.1) is 0 Å². The third-order valence-corrected chi connectivity index (χ3v) is 2.80. The van der Waals surface area contributed by atoms with Gasteiger partial charge in [-0.25, -0.2) is 4.39 Å². The Morgan fingerprint density at radius 1 is 1.50 bits per heavy atom. The molecular weight excluding hydrogens is 209 g/mol. The monoisotopic (exact) mass is 221 g/mol. The summed E-state index contributed by atoms with van der Waals surface area (Å²) < 4.78 is 13.1. The second kappa shape index (κ2) is 4.04. The van der Waals surface area contributed by atoms with E-state index in [2.05, 4.69) is 0 Å². The fourth-order valence-corrected chi connectivity index (χ4v) is 1.87. The van der Waals surface area contributed by atoms with Crippen molar-refractivity contribution in [1.82, 2.24) is 0 Å². The molecular formula is C12H12FNO2. The zero-order valence-electron chi connectivity index (χ0n) is 8.94. The van der Waals surface area contributed by atoms with E-state index in [4.69, 9.17) is 0 Å². The van der Waals surface area contributed by atoms with Crippen molar-refractivity contribution >= 4 is 17.9 Å². The first-order valence-electron chi connectivity index (χ1n) is 5.13. The molecule has 3 nitrogen and oxygen atoms in total. The third-order valence-electron chi connectivity index (χ3n) is 2.80. The van der Waals surface area contributed by atoms with Crippen LogP contribution in [0.25, 0.3) is 0 Å². The fourth-order valence-electron chi connectivity index (χ4n) is 1.87. The summed E-state index contributed by atoms with van der Waals surface area (Å²) in [7, 11) is 0. The molecule has 16 heavy (non-hydrogen) atoms. The molecule has 1 amide bonds. The van der Waals surface area contributed by atoms with Gasteiger partial charge in [-0.1, -0.05) is 0 Å². The number of halogens is 1. The van der Waals surface area contributed by atoms with Gasteiger partial charge in [0.1, 0.15) is 12.1 Å². The van der Waals surface area contributed by atoms with Gasteiger partial charge in [0.15, 0.2) is 0 Å². The molecule has 0 N–H and O–H groups in total. The maximum Gasteiger partial charge on any atom is 0.227 e. The van der Waals surface area contributed by atoms with E-state index in [1.807, 2.05) is 0 Å². The molecule has 1 fully saturated rings. The van der Waals surface area contributed by atoms with Gasteiger partial charge in [-0.3, -0.25) is 4.79 Å². The molecule has 0 aromatic heterocycles. The number of aldehydes is 1. The van der Waals surface area contributed by atoms with Crippen molar-refractivity contribution in [3.63, 3.8) is 0 Å². The molecule has 1 atom stereocenters. The summed E-state index contributed by atoms with van der Waals surface area (Å²) in [4.78, 5) is 23.8. The van der Waals surface area contributed by atoms with E-state index in [0.717, 1.165) is 6.29 Å². The lowest BCUT2D eigenvalue weighted by Gasteiger charge is -2.16. The smallest absolute Gasteiger partial charge is 0.227 e. The van der Waals surface area contributed by atoms with E-state index in [-0.39, 0.29) is 24.1 Å². The zero-order chi connectivity index (χ0) is 11.7. The maximum absolute atomic E-state index is 13.1. The Kier molecular flexibility index (Phi) is 2.73. The van der Waals surface area contributed by atoms with Crippen molar-refractivity contribution in [2.75, 3.05) is 11.4 Å². The first kappa shape index (κ1) is 10.8. The topological polar surface area (TPSA) is 37.4 Å². The van der Waals surface area contributed by atoms with Gasteiger partial charge in [0, 0.05) is 24.6 Å². The number of carbonyl (C=O) groups excluding carboxylic acids is 2. The molecule has 1 aromatic rings. The summed E-state index contributed by atoms with van der Waals surface area (Å²) in [6, 6.07) is 4.53. The molecule has 0 radical (unpaired) electrons. The second-order valence-corrected chi connectivity index (χ2v) is 4.04. The van der Waals surface area contributed by atoms with Crippen molar-refractivity contribution in [1.29, 1.82) is 0 Å². The minimum absolute atomic E-state index is 0.0805. The van der Waals surface area contributed by atoms with E-state index >= 15 is 0 Å². The van der Waals surface area contributed by atoms with Gasteiger partial charge >= 0.3 is 0 Å². The van der Waals surface area contributed by atoms with Crippen LogP contribution in [0.15, 0.2) is 18.2 Å². The molecule has 0 bridgehead atoms. The van der Waals surface area contributed by atoms with Crippen LogP contribution in [-0.2, 0) is 9.59 Å². The molecule has 84 valence electrons. The lowest BCUT2D eigenvalue weighted by atomic mass is 10.1. The predicted molar refractivity (Wildman–Crippen MR) is 57.7 cm³/mol. The Morgan fingerprint density at radius 2 is 2.25 bits per heavy atom. The molecule has 1 heterocycles. The molecule has 2 rings (SSSR count). The Bertz CT molecular complexity index is 445. The van der Waals surface area contributed by atoms with Crippen LogP contribution >= 0.6 is 0 Å². The number of hydrogen-bond acceptors (Lipinski definition) is 2. The molecule has 1 saturated heterocycles. The normalized spacial score (nSPS) is 20.2. The van der Waals surface area contributed by atoms with Crippen LogP contribution in [0.5, 0.6) is 0 Å². The van der Waals surface area contributed by atoms with Gasteiger partial charge in [-0.05, 0) is 30.7 Å². The number of benzene rings is 1. The highest BCUT2D eigenvalue weighted by Crippen LogP contribution is 2.25. The van der Waals surface area contributed by atoms with E-state index in [1.54, 1.807) is 19.1 Å². The molecule has 1 aliphatic heterocycles. The number of carbonyl (C=O) groups is 2. The molecule has 0 aliphatic carbocycles. The van der Waals surface area contributed by atoms with E-state index in [0.29, 0.717) is 17.8 Å². The van der Waals surface area contributed by atoms with Crippen molar-refractivity contribution in [2.45, 2.75) is 13.3 Å². The van der Waals surface area contributed by atoms with E-state index in [9.17, 15) is 14.0 Å². The Balaban J connectivity index is 2.27. The van der Waals surface area contributed by atoms with Crippen LogP contribution in [0.2, 0.25) is 0 Å². The minimum atomic E-state index is -0.290. The second-order valence-electron chi connectivity index (χ2n) is 4.04. The maximum atomic E-state index is 13.1. The van der Waals surface area contributed by atoms with Crippen LogP contribution in [0.4, 0.5) is 10.1 Å². The zero-order valence-corrected chi connectivity index (χ0v) is 8.94. The van der Waals surface area contributed by atoms with Crippen LogP contribution in [0.3, 0.4) is 0 Å². The van der Waals surface area contributed by atoms with Crippen LogP contribution in [0.1, 0.15) is 12.0 Å². The van der Waals surface area contributed by atoms with Gasteiger partial charge in [-0.2, -0.15) is 0 Å². The van der Waals surface area contributed by atoms with Gasteiger partial charge < -0.3 is 9.69 Å². The van der Waals surface area contributed by atoms with Gasteiger partial charge in [0.2, 0.25) is 5.91 Å². The number of anilines is 1. The Morgan fingerprint density at radius 3 is 2.81 bits per heavy atom. The summed E-state index contributed by atoms with van der Waals surface area (Å²) >= 11 is 0. The van der Waals surface area contributed by atoms with Crippen molar-refractivity contribution in [2.24, 2.45) is 5.92 Å². The molecule has 1 aliphatic rings. The molecule has 1 unspecified atom stereocenters. The number of rotatable bonds is 2. The number of aryl methyl sites for hydroxylation is 1. The molecule has 0 spiro atoms. The number of amides is 1. The Labute approximate surface area is 92.9 Å². The molecule has 1 aromatic carbocycles. The highest BCUT2D eigenvalue weighted by atomic mass is 19.1. The highest BCUT2D eigenvalue weighted by Gasteiger charge is 2.30. The van der Waals surface area contributed by atoms with Crippen molar-refractivity contribution in [3.8, 4) is 0 Å². The number of hydrogen-bond donors (Lipinski definition) is 0. The predicted octanol–water partition coefficient (Wildman–Crippen LogP) is 1.69. The summed E-state index contributed by atoms with van der Waals surface area (Å²) in [5, 5.41) is 0. The standard InChI is InChI=1S/C12H12FNO2/c1-8-4-10(2-3-11(8)13)14-6-9(7-15)5-12(14)16/h2-4,7,9H,5-6H2,1H3. The largest absolute Gasteiger partial charge is 0.312 e. The Hall–Kier alpha value is -1.71. The average molecular weight is 221 g/mol. The van der Waals surface area contributed by atoms with Crippen LogP contribution in [0, 0.1) is 18.7 Å². The van der Waals surface area contributed by atoms with Crippen LogP contribution < -0.4 is 4.90 Å². The summed E-state index contributed by atoms with van der Waals surface area (Å²) in [6.45, 7) is 2.05. The first-order valence-corrected chi connectivity index (χ1v) is 5.13. The lowest BCUT2D eigenvalue weighted by Crippen LogP contribution is -2.24. The van der Waals surface area contributed by atoms with Gasteiger partial charge in [0.25, 0.3) is 0 Å². The third kappa shape index (κ3) is 1.83. The quantitative estimate of drug-likeness (QED) is 0.712. The van der Waals surface area contributed by atoms with E-state index in [1.165, 1.54) is 11.0 Å². The lowest BCUT2D eigenvalue weighted by molar-refractivity contribution is -0.119. The SMILES string of the molecule is Cc1cc(N2CC(C=O)CC2=O)ccc1F. The summed E-state index contributed by atoms with van der Waals surface area (Å²) in [5.74, 6) is -0.608. The average Bonchev–Trinajstić information content (AvgIpc) is 2.64. The highest BCUT2D eigenvalue weighted by molar-refractivity contribution is 5.97. The fraction of sp³-hybridized carbons (Fsp3) is 0.333. The number of nitrogens with zero attached hydrogens (tertiary/aromatic N) is 1. The molecule has 4 heteroatoms. The molecule has 0 saturated carbocycles. The minimum Gasteiger partial charge on any atom is -0.312 e. The van der Waals surface area contributed by atoms with E-state index < -0.39 is 0 Å². The summed E-state index contributed by atoms with van der Waals surface area (Å²) in [6.07, 6.45) is 1.05. The van der Waals surface area contributed by atoms with Gasteiger partial charge in [0.05, 0.1) is 0 Å². The first-order chi connectivity index (χ1) is 7.61. The van der Waals surface area contributed by atoms with Crippen molar-refractivity contribution in [3.05, 3.63) is 29.6 Å². The van der Waals surface area contributed by atoms with Crippen molar-refractivity contribution < 1.29 is 14.0 Å². The van der Waals surface area contributed by atoms with Crippen LogP contribution in [-0.4, -0.2) is 18.7 Å².